The van der Waals surface area contributed by atoms with Crippen molar-refractivity contribution < 1.29 is 14.7 Å². The molecular weight excluding hydrogens is 264 g/mol. The fourth-order valence-electron chi connectivity index (χ4n) is 3.02. The Labute approximate surface area is 117 Å². The number of carboxylic acids is 1. The Balaban J connectivity index is 1.81. The summed E-state index contributed by atoms with van der Waals surface area (Å²) in [7, 11) is 0. The molecule has 2 N–H and O–H groups in total. The van der Waals surface area contributed by atoms with Gasteiger partial charge < -0.3 is 15.3 Å². The fraction of sp³-hybridized carbons (Fsp3) is 0.692. The molecule has 104 valence electrons. The predicted octanol–water partition coefficient (Wildman–Crippen LogP) is 1.000. The number of carbonyl (C=O) groups excluding carboxylic acids is 1. The van der Waals surface area contributed by atoms with Crippen molar-refractivity contribution in [3.05, 3.63) is 0 Å². The minimum absolute atomic E-state index is 0.101. The number of rotatable bonds is 5. The van der Waals surface area contributed by atoms with Crippen molar-refractivity contribution in [3.8, 4) is 12.3 Å². The van der Waals surface area contributed by atoms with E-state index in [1.54, 1.807) is 16.7 Å². The van der Waals surface area contributed by atoms with Crippen LogP contribution in [0.5, 0.6) is 0 Å². The molecule has 0 aromatic heterocycles. The second-order valence-corrected chi connectivity index (χ2v) is 5.98. The molecule has 2 fully saturated rings. The van der Waals surface area contributed by atoms with Crippen molar-refractivity contribution in [1.82, 2.24) is 10.2 Å². The van der Waals surface area contributed by atoms with Crippen LogP contribution in [0.1, 0.15) is 19.3 Å². The normalized spacial score (nSPS) is 28.2. The van der Waals surface area contributed by atoms with Crippen LogP contribution in [0.15, 0.2) is 0 Å². The Morgan fingerprint density at radius 3 is 2.89 bits per heavy atom. The van der Waals surface area contributed by atoms with Gasteiger partial charge in [0.25, 0.3) is 0 Å². The zero-order valence-electron chi connectivity index (χ0n) is 10.7. The predicted molar refractivity (Wildman–Crippen MR) is 73.9 cm³/mol. The zero-order valence-corrected chi connectivity index (χ0v) is 11.5. The lowest BCUT2D eigenvalue weighted by Gasteiger charge is -2.23. The molecule has 0 aliphatic carbocycles. The molecule has 2 amide bonds. The van der Waals surface area contributed by atoms with Gasteiger partial charge in [-0.3, -0.25) is 4.79 Å². The number of amides is 2. The van der Waals surface area contributed by atoms with Gasteiger partial charge in [-0.05, 0) is 19.3 Å². The molecule has 3 atom stereocenters. The van der Waals surface area contributed by atoms with Gasteiger partial charge in [0.1, 0.15) is 0 Å². The lowest BCUT2D eigenvalue weighted by Crippen LogP contribution is -2.44. The standard InChI is InChI=1S/C13H18N2O3S/c1-2-6-19-7-5-14-13(18)15-9-3-4-11(15)10(8-9)12(16)17/h1,9-11H,3-8H2,(H,14,18)(H,16,17). The molecule has 3 unspecified atom stereocenters. The highest BCUT2D eigenvalue weighted by atomic mass is 32.2. The number of nitrogens with one attached hydrogen (secondary N) is 1. The van der Waals surface area contributed by atoms with Gasteiger partial charge in [-0.2, -0.15) is 0 Å². The van der Waals surface area contributed by atoms with E-state index in [0.29, 0.717) is 18.7 Å². The van der Waals surface area contributed by atoms with Crippen molar-refractivity contribution in [2.45, 2.75) is 31.3 Å². The summed E-state index contributed by atoms with van der Waals surface area (Å²) in [6.07, 6.45) is 7.46. The van der Waals surface area contributed by atoms with E-state index >= 15 is 0 Å². The van der Waals surface area contributed by atoms with Crippen LogP contribution in [0, 0.1) is 18.3 Å². The maximum Gasteiger partial charge on any atom is 0.317 e. The SMILES string of the molecule is C#CCSCCNC(=O)N1C2CCC1C(C(=O)O)C2. The van der Waals surface area contributed by atoms with Gasteiger partial charge in [0.05, 0.1) is 11.7 Å². The Bertz CT molecular complexity index is 407. The van der Waals surface area contributed by atoms with Crippen LogP contribution >= 0.6 is 11.8 Å². The molecule has 2 rings (SSSR count). The molecule has 0 spiro atoms. The van der Waals surface area contributed by atoms with E-state index in [0.717, 1.165) is 18.6 Å². The molecule has 0 radical (unpaired) electrons. The molecule has 2 aliphatic heterocycles. The van der Waals surface area contributed by atoms with E-state index < -0.39 is 5.97 Å². The number of urea groups is 1. The van der Waals surface area contributed by atoms with Gasteiger partial charge in [-0.15, -0.1) is 18.2 Å². The molecule has 6 heteroatoms. The average Bonchev–Trinajstić information content (AvgIpc) is 2.95. The van der Waals surface area contributed by atoms with Gasteiger partial charge in [0, 0.05) is 24.4 Å². The zero-order chi connectivity index (χ0) is 13.8. The van der Waals surface area contributed by atoms with Crippen LogP contribution in [0.2, 0.25) is 0 Å². The second kappa shape index (κ2) is 6.20. The summed E-state index contributed by atoms with van der Waals surface area (Å²) in [5, 5.41) is 12.0. The monoisotopic (exact) mass is 282 g/mol. The summed E-state index contributed by atoms with van der Waals surface area (Å²) in [6.45, 7) is 0.568. The first-order chi connectivity index (χ1) is 9.15. The first kappa shape index (κ1) is 14.1. The van der Waals surface area contributed by atoms with E-state index in [4.69, 9.17) is 11.5 Å². The number of fused-ring (bicyclic) bond motifs is 2. The first-order valence-electron chi connectivity index (χ1n) is 6.45. The first-order valence-corrected chi connectivity index (χ1v) is 7.60. The minimum Gasteiger partial charge on any atom is -0.481 e. The Morgan fingerprint density at radius 2 is 2.26 bits per heavy atom. The Hall–Kier alpha value is -1.35. The van der Waals surface area contributed by atoms with Crippen LogP contribution < -0.4 is 5.32 Å². The highest BCUT2D eigenvalue weighted by Crippen LogP contribution is 2.41. The van der Waals surface area contributed by atoms with Gasteiger partial charge in [0.2, 0.25) is 0 Å². The fourth-order valence-corrected chi connectivity index (χ4v) is 3.53. The molecule has 0 saturated carbocycles. The van der Waals surface area contributed by atoms with Crippen molar-refractivity contribution >= 4 is 23.8 Å². The number of nitrogens with zero attached hydrogens (tertiary/aromatic N) is 1. The molecule has 0 aromatic rings. The van der Waals surface area contributed by atoms with Crippen molar-refractivity contribution in [2.75, 3.05) is 18.1 Å². The highest BCUT2D eigenvalue weighted by molar-refractivity contribution is 7.99. The van der Waals surface area contributed by atoms with Crippen LogP contribution in [0.25, 0.3) is 0 Å². The van der Waals surface area contributed by atoms with Crippen molar-refractivity contribution in [3.63, 3.8) is 0 Å². The summed E-state index contributed by atoms with van der Waals surface area (Å²) < 4.78 is 0. The molecular formula is C13H18N2O3S. The minimum atomic E-state index is -0.783. The van der Waals surface area contributed by atoms with E-state index in [2.05, 4.69) is 11.2 Å². The summed E-state index contributed by atoms with van der Waals surface area (Å²) >= 11 is 1.60. The number of carboxylic acid groups (broad SMARTS) is 1. The molecule has 19 heavy (non-hydrogen) atoms. The molecule has 2 saturated heterocycles. The number of terminal acetylenes is 1. The van der Waals surface area contributed by atoms with Gasteiger partial charge in [0.15, 0.2) is 0 Å². The largest absolute Gasteiger partial charge is 0.481 e. The Morgan fingerprint density at radius 1 is 1.47 bits per heavy atom. The van der Waals surface area contributed by atoms with Crippen LogP contribution in [-0.2, 0) is 4.79 Å². The molecule has 2 heterocycles. The van der Waals surface area contributed by atoms with E-state index in [1.807, 2.05) is 0 Å². The van der Waals surface area contributed by atoms with Crippen LogP contribution in [0.3, 0.4) is 0 Å². The Kier molecular flexibility index (Phi) is 4.59. The topological polar surface area (TPSA) is 69.6 Å². The smallest absolute Gasteiger partial charge is 0.317 e. The van der Waals surface area contributed by atoms with Crippen molar-refractivity contribution in [2.24, 2.45) is 5.92 Å². The number of hydrogen-bond acceptors (Lipinski definition) is 3. The molecule has 0 aromatic carbocycles. The number of aliphatic carboxylic acids is 1. The number of carbonyl (C=O) groups is 2. The summed E-state index contributed by atoms with van der Waals surface area (Å²) in [4.78, 5) is 24.9. The third-order valence-corrected chi connectivity index (χ3v) is 4.66. The molecule has 5 nitrogen and oxygen atoms in total. The van der Waals surface area contributed by atoms with E-state index in [-0.39, 0.29) is 24.0 Å². The molecule has 2 bridgehead atoms. The summed E-state index contributed by atoms with van der Waals surface area (Å²) in [5.41, 5.74) is 0. The van der Waals surface area contributed by atoms with Crippen LogP contribution in [0.4, 0.5) is 4.79 Å². The van der Waals surface area contributed by atoms with Crippen LogP contribution in [-0.4, -0.2) is 52.1 Å². The van der Waals surface area contributed by atoms with E-state index in [9.17, 15) is 9.59 Å². The summed E-state index contributed by atoms with van der Waals surface area (Å²) in [6, 6.07) is -0.150. The molecule has 2 aliphatic rings. The van der Waals surface area contributed by atoms with Gasteiger partial charge in [-0.25, -0.2) is 4.79 Å². The average molecular weight is 282 g/mol. The maximum absolute atomic E-state index is 12.1. The lowest BCUT2D eigenvalue weighted by molar-refractivity contribution is -0.142. The number of hydrogen-bond donors (Lipinski definition) is 2. The second-order valence-electron chi connectivity index (χ2n) is 4.87. The number of thioether (sulfide) groups is 1. The van der Waals surface area contributed by atoms with Gasteiger partial charge >= 0.3 is 12.0 Å². The van der Waals surface area contributed by atoms with Gasteiger partial charge in [-0.1, -0.05) is 5.92 Å². The third kappa shape index (κ3) is 2.98. The van der Waals surface area contributed by atoms with Crippen molar-refractivity contribution in [1.29, 1.82) is 0 Å². The summed E-state index contributed by atoms with van der Waals surface area (Å²) in [5.74, 6) is 2.78. The maximum atomic E-state index is 12.1. The quantitative estimate of drug-likeness (QED) is 0.583. The highest BCUT2D eigenvalue weighted by Gasteiger charge is 2.51. The lowest BCUT2D eigenvalue weighted by atomic mass is 9.89. The third-order valence-electron chi connectivity index (χ3n) is 3.80. The van der Waals surface area contributed by atoms with E-state index in [1.165, 1.54) is 0 Å².